The molecule has 0 aliphatic carbocycles. The van der Waals surface area contributed by atoms with Gasteiger partial charge in [-0.25, -0.2) is 4.79 Å². The van der Waals surface area contributed by atoms with Crippen molar-refractivity contribution in [2.24, 2.45) is 7.05 Å². The summed E-state index contributed by atoms with van der Waals surface area (Å²) < 4.78 is 13.4. The van der Waals surface area contributed by atoms with E-state index in [1.165, 1.54) is 0 Å². The molecule has 0 radical (unpaired) electrons. The van der Waals surface area contributed by atoms with Crippen LogP contribution in [-0.4, -0.2) is 41.4 Å². The number of aromatic nitrogens is 1. The van der Waals surface area contributed by atoms with Crippen molar-refractivity contribution in [3.05, 3.63) is 65.4 Å². The van der Waals surface area contributed by atoms with Gasteiger partial charge in [-0.05, 0) is 62.4 Å². The van der Waals surface area contributed by atoms with Gasteiger partial charge in [-0.2, -0.15) is 0 Å². The molecule has 0 aliphatic rings. The molecule has 0 saturated heterocycles. The summed E-state index contributed by atoms with van der Waals surface area (Å²) >= 11 is 0. The second-order valence-electron chi connectivity index (χ2n) is 10.5. The van der Waals surface area contributed by atoms with Gasteiger partial charge < -0.3 is 24.7 Å². The van der Waals surface area contributed by atoms with Crippen LogP contribution in [0.5, 0.6) is 5.75 Å². The van der Waals surface area contributed by atoms with E-state index in [-0.39, 0.29) is 5.91 Å². The van der Waals surface area contributed by atoms with Gasteiger partial charge in [0.15, 0.2) is 0 Å². The normalized spacial score (nSPS) is 12.4. The van der Waals surface area contributed by atoms with Crippen molar-refractivity contribution in [2.75, 3.05) is 13.2 Å². The topological polar surface area (TPSA) is 81.6 Å². The van der Waals surface area contributed by atoms with Crippen molar-refractivity contribution in [3.8, 4) is 5.75 Å². The zero-order chi connectivity index (χ0) is 26.5. The Morgan fingerprint density at radius 1 is 1.08 bits per heavy atom. The number of hydrogen-bond acceptors (Lipinski definition) is 4. The zero-order valence-electron chi connectivity index (χ0n) is 22.5. The SMILES string of the molecule is Cc1ccc(C(C)C)c(OCCNC(=O)C(Cc2cn(C)c3ccccc23)NC(=O)OC(C)(C)C)c1. The highest BCUT2D eigenvalue weighted by molar-refractivity contribution is 5.88. The number of carbonyl (C=O) groups excluding carboxylic acids is 2. The fourth-order valence-electron chi connectivity index (χ4n) is 4.17. The van der Waals surface area contributed by atoms with E-state index in [0.717, 1.165) is 33.3 Å². The van der Waals surface area contributed by atoms with Crippen LogP contribution in [0.25, 0.3) is 10.9 Å². The van der Waals surface area contributed by atoms with Crippen LogP contribution < -0.4 is 15.4 Å². The molecule has 7 heteroatoms. The third-order valence-electron chi connectivity index (χ3n) is 5.86. The number of ether oxygens (including phenoxy) is 2. The summed E-state index contributed by atoms with van der Waals surface area (Å²) in [6.45, 7) is 12.3. The number of hydrogen-bond donors (Lipinski definition) is 2. The molecular weight excluding hydrogens is 454 g/mol. The number of benzene rings is 2. The van der Waals surface area contributed by atoms with Crippen molar-refractivity contribution < 1.29 is 19.1 Å². The van der Waals surface area contributed by atoms with E-state index in [4.69, 9.17) is 9.47 Å². The molecule has 0 bridgehead atoms. The lowest BCUT2D eigenvalue weighted by Gasteiger charge is -2.23. The molecular formula is C29H39N3O4. The van der Waals surface area contributed by atoms with Crippen molar-refractivity contribution in [3.63, 3.8) is 0 Å². The summed E-state index contributed by atoms with van der Waals surface area (Å²) in [5, 5.41) is 6.73. The standard InChI is InChI=1S/C29H39N3O4/c1-19(2)22-13-12-20(3)16-26(22)35-15-14-30-27(33)24(31-28(34)36-29(4,5)6)17-21-18-32(7)25-11-9-8-10-23(21)25/h8-13,16,18-19,24H,14-15,17H2,1-7H3,(H,30,33)(H,31,34). The highest BCUT2D eigenvalue weighted by Gasteiger charge is 2.26. The number of carbonyl (C=O) groups is 2. The maximum atomic E-state index is 13.2. The Labute approximate surface area is 214 Å². The van der Waals surface area contributed by atoms with Crippen molar-refractivity contribution >= 4 is 22.9 Å². The average Bonchev–Trinajstić information content (AvgIpc) is 3.10. The minimum atomic E-state index is -0.796. The first-order chi connectivity index (χ1) is 16.9. The smallest absolute Gasteiger partial charge is 0.408 e. The Hall–Kier alpha value is -3.48. The summed E-state index contributed by atoms with van der Waals surface area (Å²) in [7, 11) is 1.97. The molecule has 0 fully saturated rings. The minimum absolute atomic E-state index is 0.286. The van der Waals surface area contributed by atoms with E-state index in [9.17, 15) is 9.59 Å². The van der Waals surface area contributed by atoms with Gasteiger partial charge in [-0.3, -0.25) is 4.79 Å². The molecule has 1 aromatic heterocycles. The summed E-state index contributed by atoms with van der Waals surface area (Å²) in [6.07, 6.45) is 1.71. The molecule has 1 heterocycles. The van der Waals surface area contributed by atoms with Gasteiger partial charge >= 0.3 is 6.09 Å². The number of fused-ring (bicyclic) bond motifs is 1. The first kappa shape index (κ1) is 27.1. The number of alkyl carbamates (subject to hydrolysis) is 1. The van der Waals surface area contributed by atoms with Crippen LogP contribution in [0.1, 0.15) is 57.2 Å². The van der Waals surface area contributed by atoms with Crippen LogP contribution in [0, 0.1) is 6.92 Å². The number of amides is 2. The number of rotatable bonds is 9. The first-order valence-corrected chi connectivity index (χ1v) is 12.5. The summed E-state index contributed by atoms with van der Waals surface area (Å²) in [6, 6.07) is 13.4. The summed E-state index contributed by atoms with van der Waals surface area (Å²) in [5.41, 5.74) is 3.63. The lowest BCUT2D eigenvalue weighted by atomic mass is 10.0. The van der Waals surface area contributed by atoms with Crippen LogP contribution in [0.3, 0.4) is 0 Å². The number of aryl methyl sites for hydroxylation is 2. The Morgan fingerprint density at radius 3 is 2.50 bits per heavy atom. The fraction of sp³-hybridized carbons (Fsp3) is 0.448. The lowest BCUT2D eigenvalue weighted by Crippen LogP contribution is -2.50. The molecule has 2 N–H and O–H groups in total. The highest BCUT2D eigenvalue weighted by atomic mass is 16.6. The number of para-hydroxylation sites is 1. The van der Waals surface area contributed by atoms with Crippen molar-refractivity contribution in [2.45, 2.75) is 65.5 Å². The van der Waals surface area contributed by atoms with Gasteiger partial charge in [0.05, 0.1) is 6.54 Å². The van der Waals surface area contributed by atoms with E-state index < -0.39 is 17.7 Å². The van der Waals surface area contributed by atoms with Crippen LogP contribution in [0.4, 0.5) is 4.79 Å². The van der Waals surface area contributed by atoms with Gasteiger partial charge in [-0.15, -0.1) is 0 Å². The van der Waals surface area contributed by atoms with E-state index in [2.05, 4.69) is 36.6 Å². The van der Waals surface area contributed by atoms with E-state index >= 15 is 0 Å². The van der Waals surface area contributed by atoms with Crippen LogP contribution >= 0.6 is 0 Å². The quantitative estimate of drug-likeness (QED) is 0.400. The monoisotopic (exact) mass is 493 g/mol. The summed E-state index contributed by atoms with van der Waals surface area (Å²) in [5.74, 6) is 0.877. The molecule has 1 atom stereocenters. The average molecular weight is 494 g/mol. The maximum absolute atomic E-state index is 13.2. The molecule has 0 spiro atoms. The molecule has 3 aromatic rings. The molecule has 0 aliphatic heterocycles. The number of nitrogens with zero attached hydrogens (tertiary/aromatic N) is 1. The molecule has 2 aromatic carbocycles. The van der Waals surface area contributed by atoms with Gasteiger partial charge in [-0.1, -0.05) is 44.2 Å². The Morgan fingerprint density at radius 2 is 1.81 bits per heavy atom. The zero-order valence-corrected chi connectivity index (χ0v) is 22.5. The van der Waals surface area contributed by atoms with Gasteiger partial charge in [0, 0.05) is 30.6 Å². The van der Waals surface area contributed by atoms with Crippen LogP contribution in [-0.2, 0) is 23.0 Å². The van der Waals surface area contributed by atoms with Gasteiger partial charge in [0.2, 0.25) is 5.91 Å². The first-order valence-electron chi connectivity index (χ1n) is 12.5. The number of nitrogens with one attached hydrogen (secondary N) is 2. The third-order valence-corrected chi connectivity index (χ3v) is 5.86. The van der Waals surface area contributed by atoms with Crippen LogP contribution in [0.15, 0.2) is 48.7 Å². The Kier molecular flexibility index (Phi) is 8.66. The fourth-order valence-corrected chi connectivity index (χ4v) is 4.17. The van der Waals surface area contributed by atoms with E-state index in [1.54, 1.807) is 20.8 Å². The second-order valence-corrected chi connectivity index (χ2v) is 10.5. The predicted molar refractivity (Wildman–Crippen MR) is 144 cm³/mol. The third kappa shape index (κ3) is 7.26. The largest absolute Gasteiger partial charge is 0.491 e. The molecule has 3 rings (SSSR count). The van der Waals surface area contributed by atoms with Crippen molar-refractivity contribution in [1.82, 2.24) is 15.2 Å². The molecule has 1 unspecified atom stereocenters. The molecule has 2 amide bonds. The predicted octanol–water partition coefficient (Wildman–Crippen LogP) is 5.24. The molecule has 194 valence electrons. The molecule has 0 saturated carbocycles. The Bertz CT molecular complexity index is 1210. The minimum Gasteiger partial charge on any atom is -0.491 e. The summed E-state index contributed by atoms with van der Waals surface area (Å²) in [4.78, 5) is 25.7. The van der Waals surface area contributed by atoms with Crippen LogP contribution in [0.2, 0.25) is 0 Å². The van der Waals surface area contributed by atoms with E-state index in [1.807, 2.05) is 55.1 Å². The highest BCUT2D eigenvalue weighted by Crippen LogP contribution is 2.27. The van der Waals surface area contributed by atoms with Gasteiger partial charge in [0.25, 0.3) is 0 Å². The van der Waals surface area contributed by atoms with E-state index in [0.29, 0.717) is 25.5 Å². The molecule has 36 heavy (non-hydrogen) atoms. The lowest BCUT2D eigenvalue weighted by molar-refractivity contribution is -0.123. The maximum Gasteiger partial charge on any atom is 0.408 e. The second kappa shape index (κ2) is 11.5. The van der Waals surface area contributed by atoms with Crippen molar-refractivity contribution in [1.29, 1.82) is 0 Å². The molecule has 7 nitrogen and oxygen atoms in total. The van der Waals surface area contributed by atoms with Gasteiger partial charge in [0.1, 0.15) is 24.0 Å². The Balaban J connectivity index is 1.69.